The van der Waals surface area contributed by atoms with Gasteiger partial charge in [0.15, 0.2) is 0 Å². The van der Waals surface area contributed by atoms with Crippen LogP contribution in [0, 0.1) is 0 Å². The fourth-order valence-electron chi connectivity index (χ4n) is 2.41. The summed E-state index contributed by atoms with van der Waals surface area (Å²) in [6.07, 6.45) is 1.47. The van der Waals surface area contributed by atoms with Crippen LogP contribution in [0.3, 0.4) is 0 Å². The molecule has 0 unspecified atom stereocenters. The lowest BCUT2D eigenvalue weighted by Gasteiger charge is -2.12. The number of thioether (sulfide) groups is 1. The van der Waals surface area contributed by atoms with Gasteiger partial charge in [-0.05, 0) is 11.1 Å². The van der Waals surface area contributed by atoms with Crippen LogP contribution in [0.4, 0.5) is 5.82 Å². The standard InChI is InChI=1S/C20H19N3O2S/c1-25-20(24)17-18(21-12-15-8-4-2-5-9-15)22-14-23-19(17)26-13-16-10-6-3-7-11-16/h2-11,14H,12-13H2,1H3,(H,21,22,23). The Morgan fingerprint density at radius 3 is 2.31 bits per heavy atom. The van der Waals surface area contributed by atoms with E-state index >= 15 is 0 Å². The molecule has 2 aromatic carbocycles. The predicted octanol–water partition coefficient (Wildman–Crippen LogP) is 4.17. The molecule has 0 saturated heterocycles. The second-order valence-corrected chi connectivity index (χ2v) is 6.47. The molecule has 5 nitrogen and oxygen atoms in total. The number of nitrogens with one attached hydrogen (secondary N) is 1. The van der Waals surface area contributed by atoms with Crippen LogP contribution < -0.4 is 5.32 Å². The van der Waals surface area contributed by atoms with Crippen LogP contribution in [0.2, 0.25) is 0 Å². The average Bonchev–Trinajstić information content (AvgIpc) is 2.71. The molecular formula is C20H19N3O2S. The van der Waals surface area contributed by atoms with Crippen molar-refractivity contribution < 1.29 is 9.53 Å². The fourth-order valence-corrected chi connectivity index (χ4v) is 3.35. The van der Waals surface area contributed by atoms with E-state index in [-0.39, 0.29) is 0 Å². The van der Waals surface area contributed by atoms with Gasteiger partial charge in [-0.2, -0.15) is 0 Å². The van der Waals surface area contributed by atoms with Crippen LogP contribution in [0.15, 0.2) is 72.0 Å². The number of carbonyl (C=O) groups is 1. The molecule has 0 bridgehead atoms. The van der Waals surface area contributed by atoms with Gasteiger partial charge in [0.05, 0.1) is 7.11 Å². The zero-order chi connectivity index (χ0) is 18.2. The van der Waals surface area contributed by atoms with E-state index in [9.17, 15) is 4.79 Å². The molecule has 0 saturated carbocycles. The molecule has 6 heteroatoms. The largest absolute Gasteiger partial charge is 0.465 e. The highest BCUT2D eigenvalue weighted by molar-refractivity contribution is 7.98. The van der Waals surface area contributed by atoms with Gasteiger partial charge in [-0.25, -0.2) is 14.8 Å². The molecule has 0 fully saturated rings. The first kappa shape index (κ1) is 17.9. The predicted molar refractivity (Wildman–Crippen MR) is 103 cm³/mol. The summed E-state index contributed by atoms with van der Waals surface area (Å²) < 4.78 is 4.95. The summed E-state index contributed by atoms with van der Waals surface area (Å²) in [5.41, 5.74) is 2.62. The van der Waals surface area contributed by atoms with E-state index in [1.807, 2.05) is 60.7 Å². The third-order valence-corrected chi connectivity index (χ3v) is 4.78. The summed E-state index contributed by atoms with van der Waals surface area (Å²) in [5.74, 6) is 0.739. The Hall–Kier alpha value is -2.86. The number of methoxy groups -OCH3 is 1. The van der Waals surface area contributed by atoms with E-state index in [0.29, 0.717) is 28.7 Å². The molecule has 1 aromatic heterocycles. The molecule has 0 atom stereocenters. The lowest BCUT2D eigenvalue weighted by Crippen LogP contribution is -2.12. The van der Waals surface area contributed by atoms with Crippen LogP contribution in [-0.2, 0) is 17.0 Å². The zero-order valence-corrected chi connectivity index (χ0v) is 15.2. The highest BCUT2D eigenvalue weighted by Crippen LogP contribution is 2.28. The Balaban J connectivity index is 1.81. The van der Waals surface area contributed by atoms with Gasteiger partial charge in [0.2, 0.25) is 0 Å². The first-order valence-corrected chi connectivity index (χ1v) is 9.14. The number of anilines is 1. The van der Waals surface area contributed by atoms with Gasteiger partial charge in [-0.1, -0.05) is 60.7 Å². The molecule has 0 radical (unpaired) electrons. The minimum absolute atomic E-state index is 0.367. The molecule has 1 N–H and O–H groups in total. The molecular weight excluding hydrogens is 346 g/mol. The van der Waals surface area contributed by atoms with Crippen molar-refractivity contribution in [1.29, 1.82) is 0 Å². The Bertz CT molecular complexity index is 796. The van der Waals surface area contributed by atoms with Crippen molar-refractivity contribution in [2.75, 3.05) is 12.4 Å². The molecule has 26 heavy (non-hydrogen) atoms. The Morgan fingerprint density at radius 1 is 1.00 bits per heavy atom. The molecule has 0 aliphatic heterocycles. The summed E-state index contributed by atoms with van der Waals surface area (Å²) in [4.78, 5) is 20.9. The van der Waals surface area contributed by atoms with E-state index in [2.05, 4.69) is 15.3 Å². The molecule has 1 heterocycles. The average molecular weight is 365 g/mol. The third kappa shape index (κ3) is 4.61. The smallest absolute Gasteiger partial charge is 0.344 e. The summed E-state index contributed by atoms with van der Waals surface area (Å²) in [6.45, 7) is 0.560. The summed E-state index contributed by atoms with van der Waals surface area (Å²) in [5, 5.41) is 3.82. The van der Waals surface area contributed by atoms with E-state index in [1.165, 1.54) is 25.2 Å². The second kappa shape index (κ2) is 9.01. The van der Waals surface area contributed by atoms with Gasteiger partial charge >= 0.3 is 5.97 Å². The van der Waals surface area contributed by atoms with Gasteiger partial charge in [-0.3, -0.25) is 0 Å². The highest BCUT2D eigenvalue weighted by Gasteiger charge is 2.20. The van der Waals surface area contributed by atoms with Gasteiger partial charge < -0.3 is 10.1 Å². The van der Waals surface area contributed by atoms with Crippen LogP contribution >= 0.6 is 11.8 Å². The summed E-state index contributed by atoms with van der Waals surface area (Å²) >= 11 is 1.49. The number of aromatic nitrogens is 2. The maximum atomic E-state index is 12.3. The van der Waals surface area contributed by atoms with Gasteiger partial charge in [0, 0.05) is 12.3 Å². The monoisotopic (exact) mass is 365 g/mol. The summed E-state index contributed by atoms with van der Waals surface area (Å²) in [6, 6.07) is 20.0. The first-order chi connectivity index (χ1) is 12.8. The number of esters is 1. The number of hydrogen-bond acceptors (Lipinski definition) is 6. The number of carbonyl (C=O) groups excluding carboxylic acids is 1. The normalized spacial score (nSPS) is 10.3. The van der Waals surface area contributed by atoms with Crippen LogP contribution in [0.25, 0.3) is 0 Å². The van der Waals surface area contributed by atoms with E-state index in [4.69, 9.17) is 4.74 Å². The molecule has 3 aromatic rings. The van der Waals surface area contributed by atoms with Gasteiger partial charge in [0.25, 0.3) is 0 Å². The fraction of sp³-hybridized carbons (Fsp3) is 0.150. The topological polar surface area (TPSA) is 64.1 Å². The molecule has 3 rings (SSSR count). The van der Waals surface area contributed by atoms with Crippen molar-refractivity contribution in [2.24, 2.45) is 0 Å². The number of ether oxygens (including phenoxy) is 1. The van der Waals surface area contributed by atoms with E-state index < -0.39 is 5.97 Å². The lowest BCUT2D eigenvalue weighted by molar-refractivity contribution is 0.0596. The number of rotatable bonds is 7. The highest BCUT2D eigenvalue weighted by atomic mass is 32.2. The minimum Gasteiger partial charge on any atom is -0.465 e. The Kier molecular flexibility index (Phi) is 6.22. The minimum atomic E-state index is -0.447. The maximum absolute atomic E-state index is 12.3. The van der Waals surface area contributed by atoms with Crippen molar-refractivity contribution in [3.05, 3.63) is 83.7 Å². The van der Waals surface area contributed by atoms with Crippen LogP contribution in [0.5, 0.6) is 0 Å². The summed E-state index contributed by atoms with van der Waals surface area (Å²) in [7, 11) is 1.36. The number of hydrogen-bond donors (Lipinski definition) is 1. The lowest BCUT2D eigenvalue weighted by atomic mass is 10.2. The SMILES string of the molecule is COC(=O)c1c(NCc2ccccc2)ncnc1SCc1ccccc1. The number of benzene rings is 2. The molecule has 0 aliphatic rings. The van der Waals surface area contributed by atoms with Crippen LogP contribution in [-0.4, -0.2) is 23.0 Å². The van der Waals surface area contributed by atoms with Crippen molar-refractivity contribution in [3.63, 3.8) is 0 Å². The zero-order valence-electron chi connectivity index (χ0n) is 14.4. The van der Waals surface area contributed by atoms with Gasteiger partial charge in [0.1, 0.15) is 22.7 Å². The third-order valence-electron chi connectivity index (χ3n) is 3.72. The van der Waals surface area contributed by atoms with E-state index in [0.717, 1.165) is 11.1 Å². The van der Waals surface area contributed by atoms with E-state index in [1.54, 1.807) is 0 Å². The maximum Gasteiger partial charge on any atom is 0.344 e. The van der Waals surface area contributed by atoms with Crippen molar-refractivity contribution in [3.8, 4) is 0 Å². The Morgan fingerprint density at radius 2 is 1.65 bits per heavy atom. The number of nitrogens with zero attached hydrogens (tertiary/aromatic N) is 2. The Labute approximate surface area is 156 Å². The van der Waals surface area contributed by atoms with Crippen molar-refractivity contribution in [2.45, 2.75) is 17.3 Å². The van der Waals surface area contributed by atoms with Crippen molar-refractivity contribution in [1.82, 2.24) is 9.97 Å². The quantitative estimate of drug-likeness (QED) is 0.385. The molecule has 0 aliphatic carbocycles. The molecule has 0 amide bonds. The van der Waals surface area contributed by atoms with Crippen LogP contribution in [0.1, 0.15) is 21.5 Å². The van der Waals surface area contributed by atoms with Gasteiger partial charge in [-0.15, -0.1) is 11.8 Å². The second-order valence-electron chi connectivity index (χ2n) is 5.51. The first-order valence-electron chi connectivity index (χ1n) is 8.15. The van der Waals surface area contributed by atoms with Crippen molar-refractivity contribution >= 4 is 23.5 Å². The molecule has 0 spiro atoms. The molecule has 132 valence electrons.